The van der Waals surface area contributed by atoms with Crippen LogP contribution in [0.4, 0.5) is 0 Å². The van der Waals surface area contributed by atoms with E-state index in [-0.39, 0.29) is 38.7 Å². The number of halogens is 3. The lowest BCUT2D eigenvalue weighted by molar-refractivity contribution is -0.141. The first-order valence-electron chi connectivity index (χ1n) is 11.0. The van der Waals surface area contributed by atoms with Crippen LogP contribution in [0.25, 0.3) is 5.76 Å². The molecule has 6 nitrogen and oxygen atoms in total. The first kappa shape index (κ1) is 24.7. The van der Waals surface area contributed by atoms with Crippen LogP contribution in [-0.4, -0.2) is 42.0 Å². The van der Waals surface area contributed by atoms with E-state index < -0.39 is 23.5 Å². The standard InChI is InChI=1S/C25H24Cl3NO5/c1-33-23-16(12-17(27)24(34-2)19(23)28)21(30)18-20(13-8-10-14(26)11-9-13)29(25(32)22(18)31)15-6-4-3-5-7-15/h8-12,15,20,30H,3-7H2,1-2H3/b21-18+. The van der Waals surface area contributed by atoms with Crippen molar-refractivity contribution in [3.63, 3.8) is 0 Å². The van der Waals surface area contributed by atoms with Crippen molar-refractivity contribution in [1.29, 1.82) is 0 Å². The molecule has 1 unspecified atom stereocenters. The fraction of sp³-hybridized carbons (Fsp3) is 0.360. The van der Waals surface area contributed by atoms with Gasteiger partial charge in [-0.25, -0.2) is 0 Å². The molecule has 2 aromatic rings. The zero-order chi connectivity index (χ0) is 24.6. The van der Waals surface area contributed by atoms with E-state index in [4.69, 9.17) is 44.3 Å². The largest absolute Gasteiger partial charge is 0.507 e. The maximum absolute atomic E-state index is 13.3. The van der Waals surface area contributed by atoms with E-state index in [2.05, 4.69) is 0 Å². The summed E-state index contributed by atoms with van der Waals surface area (Å²) in [5.74, 6) is -1.57. The maximum Gasteiger partial charge on any atom is 0.295 e. The van der Waals surface area contributed by atoms with E-state index in [1.807, 2.05) is 0 Å². The van der Waals surface area contributed by atoms with Crippen LogP contribution in [0.15, 0.2) is 35.9 Å². The molecule has 2 fully saturated rings. The van der Waals surface area contributed by atoms with Gasteiger partial charge in [-0.2, -0.15) is 0 Å². The number of methoxy groups -OCH3 is 2. The van der Waals surface area contributed by atoms with Crippen molar-refractivity contribution in [2.24, 2.45) is 0 Å². The number of benzene rings is 2. The third-order valence-corrected chi connectivity index (χ3v) is 7.30. The van der Waals surface area contributed by atoms with Gasteiger partial charge in [-0.3, -0.25) is 9.59 Å². The summed E-state index contributed by atoms with van der Waals surface area (Å²) in [7, 11) is 2.78. The lowest BCUT2D eigenvalue weighted by Gasteiger charge is -2.35. The average molecular weight is 525 g/mol. The predicted octanol–water partition coefficient (Wildman–Crippen LogP) is 6.42. The molecule has 1 saturated heterocycles. The average Bonchev–Trinajstić information content (AvgIpc) is 3.10. The Hall–Kier alpha value is -2.41. The molecule has 4 rings (SSSR count). The molecule has 1 atom stereocenters. The summed E-state index contributed by atoms with van der Waals surface area (Å²) in [5, 5.41) is 12.1. The van der Waals surface area contributed by atoms with Crippen LogP contribution in [0, 0.1) is 0 Å². The molecule has 1 N–H and O–H groups in total. The fourth-order valence-corrected chi connectivity index (χ4v) is 5.66. The van der Waals surface area contributed by atoms with Crippen molar-refractivity contribution in [3.05, 3.63) is 62.1 Å². The first-order chi connectivity index (χ1) is 16.3. The molecule has 0 spiro atoms. The second kappa shape index (κ2) is 10.1. The maximum atomic E-state index is 13.3. The minimum Gasteiger partial charge on any atom is -0.507 e. The van der Waals surface area contributed by atoms with Gasteiger partial charge in [-0.15, -0.1) is 0 Å². The van der Waals surface area contributed by atoms with Gasteiger partial charge in [0.15, 0.2) is 11.5 Å². The van der Waals surface area contributed by atoms with Gasteiger partial charge in [0.2, 0.25) is 0 Å². The third-order valence-electron chi connectivity index (χ3n) is 6.43. The van der Waals surface area contributed by atoms with E-state index in [0.717, 1.165) is 32.1 Å². The van der Waals surface area contributed by atoms with Crippen LogP contribution < -0.4 is 9.47 Å². The summed E-state index contributed by atoms with van der Waals surface area (Å²) in [5.41, 5.74) is 0.716. The molecule has 2 aliphatic rings. The lowest BCUT2D eigenvalue weighted by Crippen LogP contribution is -2.40. The van der Waals surface area contributed by atoms with Gasteiger partial charge in [0.05, 0.1) is 36.4 Å². The van der Waals surface area contributed by atoms with Gasteiger partial charge < -0.3 is 19.5 Å². The number of Topliss-reactive ketones (excluding diaryl/α,β-unsaturated/α-hetero) is 1. The zero-order valence-electron chi connectivity index (χ0n) is 18.7. The molecule has 1 saturated carbocycles. The van der Waals surface area contributed by atoms with Gasteiger partial charge >= 0.3 is 0 Å². The van der Waals surface area contributed by atoms with Gasteiger partial charge in [-0.05, 0) is 36.6 Å². The minimum absolute atomic E-state index is 0.0450. The number of aliphatic hydroxyl groups is 1. The second-order valence-electron chi connectivity index (χ2n) is 8.34. The van der Waals surface area contributed by atoms with E-state index in [1.165, 1.54) is 20.3 Å². The quantitative estimate of drug-likeness (QED) is 0.277. The molecule has 1 heterocycles. The number of carbonyl (C=O) groups excluding carboxylic acids is 2. The van der Waals surface area contributed by atoms with Crippen molar-refractivity contribution in [3.8, 4) is 11.5 Å². The summed E-state index contributed by atoms with van der Waals surface area (Å²) >= 11 is 18.8. The van der Waals surface area contributed by atoms with Gasteiger partial charge in [0, 0.05) is 11.1 Å². The monoisotopic (exact) mass is 523 g/mol. The zero-order valence-corrected chi connectivity index (χ0v) is 21.0. The molecule has 1 aliphatic heterocycles. The summed E-state index contributed by atoms with van der Waals surface area (Å²) in [6.07, 6.45) is 4.62. The number of carbonyl (C=O) groups is 2. The van der Waals surface area contributed by atoms with E-state index in [9.17, 15) is 14.7 Å². The molecule has 0 aromatic heterocycles. The Morgan fingerprint density at radius 1 is 0.971 bits per heavy atom. The van der Waals surface area contributed by atoms with Crippen LogP contribution >= 0.6 is 34.8 Å². The number of nitrogens with zero attached hydrogens (tertiary/aromatic N) is 1. The Morgan fingerprint density at radius 2 is 1.59 bits per heavy atom. The number of hydrogen-bond acceptors (Lipinski definition) is 5. The smallest absolute Gasteiger partial charge is 0.295 e. The van der Waals surface area contributed by atoms with E-state index in [1.54, 1.807) is 29.2 Å². The number of likely N-dealkylation sites (tertiary alicyclic amines) is 1. The molecule has 0 bridgehead atoms. The molecule has 34 heavy (non-hydrogen) atoms. The highest BCUT2D eigenvalue weighted by molar-refractivity contribution is 6.47. The summed E-state index contributed by atoms with van der Waals surface area (Å²) in [6.45, 7) is 0. The molecule has 2 aromatic carbocycles. The minimum atomic E-state index is -0.787. The lowest BCUT2D eigenvalue weighted by atomic mass is 9.91. The van der Waals surface area contributed by atoms with Crippen molar-refractivity contribution in [1.82, 2.24) is 4.90 Å². The Morgan fingerprint density at radius 3 is 2.18 bits per heavy atom. The summed E-state index contributed by atoms with van der Waals surface area (Å²) in [4.78, 5) is 28.2. The van der Waals surface area contributed by atoms with E-state index in [0.29, 0.717) is 10.6 Å². The van der Waals surface area contributed by atoms with Crippen LogP contribution in [0.3, 0.4) is 0 Å². The highest BCUT2D eigenvalue weighted by Gasteiger charge is 2.49. The molecule has 1 aliphatic carbocycles. The predicted molar refractivity (Wildman–Crippen MR) is 132 cm³/mol. The summed E-state index contributed by atoms with van der Waals surface area (Å²) in [6, 6.07) is 7.42. The van der Waals surface area contributed by atoms with Crippen molar-refractivity contribution in [2.45, 2.75) is 44.2 Å². The normalized spacial score (nSPS) is 20.6. The number of ether oxygens (including phenoxy) is 2. The SMILES string of the molecule is COc1c(Cl)cc(/C(O)=C2\C(=O)C(=O)N(C3CCCCC3)C2c2ccc(Cl)cc2)c(OC)c1Cl. The van der Waals surface area contributed by atoms with Gasteiger partial charge in [0.1, 0.15) is 10.8 Å². The topological polar surface area (TPSA) is 76.1 Å². The van der Waals surface area contributed by atoms with Crippen molar-refractivity contribution in [2.75, 3.05) is 14.2 Å². The summed E-state index contributed by atoms with van der Waals surface area (Å²) < 4.78 is 10.7. The number of rotatable bonds is 5. The Labute approximate surface area is 213 Å². The van der Waals surface area contributed by atoms with Crippen molar-refractivity contribution < 1.29 is 24.2 Å². The van der Waals surface area contributed by atoms with Gasteiger partial charge in [0.25, 0.3) is 11.7 Å². The number of hydrogen-bond donors (Lipinski definition) is 1. The highest BCUT2D eigenvalue weighted by atomic mass is 35.5. The Bertz CT molecular complexity index is 1160. The van der Waals surface area contributed by atoms with Crippen LogP contribution in [0.2, 0.25) is 15.1 Å². The molecule has 0 radical (unpaired) electrons. The number of aliphatic hydroxyl groups excluding tert-OH is 1. The van der Waals surface area contributed by atoms with E-state index >= 15 is 0 Å². The van der Waals surface area contributed by atoms with Gasteiger partial charge in [-0.1, -0.05) is 66.2 Å². The van der Waals surface area contributed by atoms with Crippen LogP contribution in [0.5, 0.6) is 11.5 Å². The van der Waals surface area contributed by atoms with Crippen molar-refractivity contribution >= 4 is 52.3 Å². The Kier molecular flexibility index (Phi) is 7.31. The molecule has 1 amide bonds. The fourth-order valence-electron chi connectivity index (χ4n) is 4.85. The third kappa shape index (κ3) is 4.23. The number of ketones is 1. The van der Waals surface area contributed by atoms with Crippen LogP contribution in [-0.2, 0) is 9.59 Å². The number of amides is 1. The molecule has 180 valence electrons. The molecule has 9 heteroatoms. The van der Waals surface area contributed by atoms with Crippen LogP contribution in [0.1, 0.15) is 49.3 Å². The first-order valence-corrected chi connectivity index (χ1v) is 12.1. The molecular weight excluding hydrogens is 501 g/mol. The Balaban J connectivity index is 1.95. The highest BCUT2D eigenvalue weighted by Crippen LogP contribution is 2.48. The molecular formula is C25H24Cl3NO5. The second-order valence-corrected chi connectivity index (χ2v) is 9.56.